The Morgan fingerprint density at radius 3 is 2.75 bits per heavy atom. The predicted molar refractivity (Wildman–Crippen MR) is 91.3 cm³/mol. The van der Waals surface area contributed by atoms with Crippen LogP contribution in [-0.4, -0.2) is 19.1 Å². The zero-order valence-electron chi connectivity index (χ0n) is 12.9. The van der Waals surface area contributed by atoms with Crippen molar-refractivity contribution in [2.24, 2.45) is 11.7 Å². The van der Waals surface area contributed by atoms with Gasteiger partial charge in [0.25, 0.3) is 0 Å². The van der Waals surface area contributed by atoms with Gasteiger partial charge in [0.05, 0.1) is 5.69 Å². The van der Waals surface area contributed by atoms with Gasteiger partial charge in [0.1, 0.15) is 0 Å². The highest BCUT2D eigenvalue weighted by Gasteiger charge is 2.23. The molecule has 1 aliphatic carbocycles. The minimum atomic E-state index is 0.213. The van der Waals surface area contributed by atoms with Gasteiger partial charge in [-0.2, -0.15) is 0 Å². The maximum absolute atomic E-state index is 5.88. The number of hydrogen-bond donors (Lipinski definition) is 1. The van der Waals surface area contributed by atoms with E-state index in [-0.39, 0.29) is 6.04 Å². The molecule has 1 fully saturated rings. The van der Waals surface area contributed by atoms with E-state index in [1.54, 1.807) is 0 Å². The summed E-state index contributed by atoms with van der Waals surface area (Å²) in [6, 6.07) is 7.56. The number of halogens is 1. The van der Waals surface area contributed by atoms with E-state index in [0.717, 1.165) is 12.3 Å². The van der Waals surface area contributed by atoms with E-state index in [0.29, 0.717) is 6.04 Å². The van der Waals surface area contributed by atoms with Crippen LogP contribution in [0.25, 0.3) is 0 Å². The number of benzene rings is 1. The van der Waals surface area contributed by atoms with Crippen molar-refractivity contribution in [2.75, 3.05) is 11.9 Å². The Morgan fingerprint density at radius 1 is 1.40 bits per heavy atom. The first-order valence-electron chi connectivity index (χ1n) is 7.74. The molecule has 0 aliphatic heterocycles. The molecule has 1 aromatic rings. The standard InChI is InChI=1S/C17H27BrN2/c1-12-5-4-6-15(9-12)20(3)17-8-7-14(10-13(2)19)11-16(17)18/h7-8,11-13,15H,4-6,9-10,19H2,1-3H3. The van der Waals surface area contributed by atoms with Gasteiger partial charge in [0.15, 0.2) is 0 Å². The van der Waals surface area contributed by atoms with Crippen LogP contribution in [0.5, 0.6) is 0 Å². The van der Waals surface area contributed by atoms with E-state index in [1.165, 1.54) is 41.4 Å². The molecule has 2 rings (SSSR count). The van der Waals surface area contributed by atoms with Gasteiger partial charge in [0, 0.05) is 23.6 Å². The van der Waals surface area contributed by atoms with Crippen LogP contribution in [0.15, 0.2) is 22.7 Å². The van der Waals surface area contributed by atoms with Crippen LogP contribution in [0, 0.1) is 5.92 Å². The fraction of sp³-hybridized carbons (Fsp3) is 0.647. The third-order valence-electron chi connectivity index (χ3n) is 4.41. The van der Waals surface area contributed by atoms with Crippen LogP contribution >= 0.6 is 15.9 Å². The molecule has 0 amide bonds. The average molecular weight is 339 g/mol. The Balaban J connectivity index is 2.11. The minimum absolute atomic E-state index is 0.213. The highest BCUT2D eigenvalue weighted by molar-refractivity contribution is 9.10. The molecule has 2 N–H and O–H groups in total. The van der Waals surface area contributed by atoms with Crippen molar-refractivity contribution in [1.82, 2.24) is 0 Å². The summed E-state index contributed by atoms with van der Waals surface area (Å²) in [4.78, 5) is 2.45. The molecule has 3 heteroatoms. The maximum Gasteiger partial charge on any atom is 0.0510 e. The first-order valence-corrected chi connectivity index (χ1v) is 8.53. The third kappa shape index (κ3) is 3.98. The molecule has 0 saturated heterocycles. The molecule has 0 heterocycles. The monoisotopic (exact) mass is 338 g/mol. The minimum Gasteiger partial charge on any atom is -0.371 e. The summed E-state index contributed by atoms with van der Waals surface area (Å²) in [5.41, 5.74) is 8.49. The fourth-order valence-corrected chi connectivity index (χ4v) is 3.99. The topological polar surface area (TPSA) is 29.3 Å². The third-order valence-corrected chi connectivity index (χ3v) is 5.04. The van der Waals surface area contributed by atoms with Crippen LogP contribution in [0.1, 0.15) is 45.1 Å². The van der Waals surface area contributed by atoms with Crippen molar-refractivity contribution in [3.05, 3.63) is 28.2 Å². The lowest BCUT2D eigenvalue weighted by atomic mass is 9.86. The molecule has 112 valence electrons. The van der Waals surface area contributed by atoms with Gasteiger partial charge in [-0.05, 0) is 65.7 Å². The first-order chi connectivity index (χ1) is 9.47. The predicted octanol–water partition coefficient (Wildman–Crippen LogP) is 4.35. The smallest absolute Gasteiger partial charge is 0.0510 e. The molecule has 0 radical (unpaired) electrons. The molecule has 0 spiro atoms. The second-order valence-electron chi connectivity index (χ2n) is 6.50. The second kappa shape index (κ2) is 6.95. The van der Waals surface area contributed by atoms with Gasteiger partial charge in [-0.3, -0.25) is 0 Å². The Hall–Kier alpha value is -0.540. The molecule has 1 aliphatic rings. The summed E-state index contributed by atoms with van der Waals surface area (Å²) in [5, 5.41) is 0. The summed E-state index contributed by atoms with van der Waals surface area (Å²) in [6.07, 6.45) is 6.30. The SMILES string of the molecule is CC(N)Cc1ccc(N(C)C2CCCC(C)C2)c(Br)c1. The molecule has 1 saturated carbocycles. The van der Waals surface area contributed by atoms with Gasteiger partial charge in [-0.15, -0.1) is 0 Å². The number of hydrogen-bond acceptors (Lipinski definition) is 2. The molecule has 0 aromatic heterocycles. The first kappa shape index (κ1) is 15.8. The van der Waals surface area contributed by atoms with E-state index in [1.807, 2.05) is 0 Å². The molecule has 3 atom stereocenters. The molecular weight excluding hydrogens is 312 g/mol. The molecule has 2 nitrogen and oxygen atoms in total. The van der Waals surface area contributed by atoms with Crippen molar-refractivity contribution >= 4 is 21.6 Å². The normalized spacial score (nSPS) is 24.4. The lowest BCUT2D eigenvalue weighted by Crippen LogP contribution is -2.35. The van der Waals surface area contributed by atoms with Crippen molar-refractivity contribution < 1.29 is 0 Å². The van der Waals surface area contributed by atoms with Crippen molar-refractivity contribution in [2.45, 2.75) is 58.0 Å². The maximum atomic E-state index is 5.88. The van der Waals surface area contributed by atoms with Crippen molar-refractivity contribution in [3.8, 4) is 0 Å². The summed E-state index contributed by atoms with van der Waals surface area (Å²) < 4.78 is 1.19. The van der Waals surface area contributed by atoms with Crippen LogP contribution < -0.4 is 10.6 Å². The molecule has 3 unspecified atom stereocenters. The summed E-state index contributed by atoms with van der Waals surface area (Å²) in [6.45, 7) is 4.43. The van der Waals surface area contributed by atoms with E-state index >= 15 is 0 Å². The average Bonchev–Trinajstić information content (AvgIpc) is 2.37. The van der Waals surface area contributed by atoms with Crippen molar-refractivity contribution in [1.29, 1.82) is 0 Å². The summed E-state index contributed by atoms with van der Waals surface area (Å²) >= 11 is 3.74. The van der Waals surface area contributed by atoms with Gasteiger partial charge >= 0.3 is 0 Å². The number of nitrogens with zero attached hydrogens (tertiary/aromatic N) is 1. The van der Waals surface area contributed by atoms with Crippen molar-refractivity contribution in [3.63, 3.8) is 0 Å². The Kier molecular flexibility index (Phi) is 5.50. The van der Waals surface area contributed by atoms with Gasteiger partial charge < -0.3 is 10.6 Å². The zero-order valence-corrected chi connectivity index (χ0v) is 14.5. The van der Waals surface area contributed by atoms with Crippen LogP contribution in [0.3, 0.4) is 0 Å². The van der Waals surface area contributed by atoms with Crippen LogP contribution in [-0.2, 0) is 6.42 Å². The Morgan fingerprint density at radius 2 is 2.15 bits per heavy atom. The second-order valence-corrected chi connectivity index (χ2v) is 7.36. The molecule has 0 bridgehead atoms. The van der Waals surface area contributed by atoms with E-state index in [2.05, 4.69) is 59.9 Å². The zero-order chi connectivity index (χ0) is 14.7. The van der Waals surface area contributed by atoms with E-state index in [9.17, 15) is 0 Å². The van der Waals surface area contributed by atoms with Gasteiger partial charge in [-0.25, -0.2) is 0 Å². The summed E-state index contributed by atoms with van der Waals surface area (Å²) in [7, 11) is 2.23. The molecular formula is C17H27BrN2. The van der Waals surface area contributed by atoms with Gasteiger partial charge in [0.2, 0.25) is 0 Å². The van der Waals surface area contributed by atoms with E-state index in [4.69, 9.17) is 5.73 Å². The number of nitrogens with two attached hydrogens (primary N) is 1. The largest absolute Gasteiger partial charge is 0.371 e. The quantitative estimate of drug-likeness (QED) is 0.883. The lowest BCUT2D eigenvalue weighted by molar-refractivity contribution is 0.336. The summed E-state index contributed by atoms with van der Waals surface area (Å²) in [5.74, 6) is 0.854. The highest BCUT2D eigenvalue weighted by Crippen LogP contribution is 2.33. The van der Waals surface area contributed by atoms with E-state index < -0.39 is 0 Å². The Labute approximate surface area is 131 Å². The lowest BCUT2D eigenvalue weighted by Gasteiger charge is -2.36. The van der Waals surface area contributed by atoms with Crippen LogP contribution in [0.2, 0.25) is 0 Å². The van der Waals surface area contributed by atoms with Crippen LogP contribution in [0.4, 0.5) is 5.69 Å². The molecule has 20 heavy (non-hydrogen) atoms. The highest BCUT2D eigenvalue weighted by atomic mass is 79.9. The van der Waals surface area contributed by atoms with Gasteiger partial charge in [-0.1, -0.05) is 25.8 Å². The number of rotatable bonds is 4. The molecule has 1 aromatic carbocycles. The fourth-order valence-electron chi connectivity index (χ4n) is 3.29. The number of anilines is 1. The Bertz CT molecular complexity index is 445.